The number of rotatable bonds is 2. The van der Waals surface area contributed by atoms with Gasteiger partial charge in [0.25, 0.3) is 0 Å². The maximum atomic E-state index is 5.76. The zero-order valence-electron chi connectivity index (χ0n) is 10.1. The minimum Gasteiger partial charge on any atom is -0.322 e. The molecule has 1 unspecified atom stereocenters. The third-order valence-corrected chi connectivity index (χ3v) is 2.94. The Morgan fingerprint density at radius 1 is 1.11 bits per heavy atom. The predicted molar refractivity (Wildman–Crippen MR) is 71.9 cm³/mol. The fourth-order valence-electron chi connectivity index (χ4n) is 1.94. The van der Waals surface area contributed by atoms with Crippen molar-refractivity contribution in [3.63, 3.8) is 0 Å². The van der Waals surface area contributed by atoms with E-state index in [0.29, 0.717) is 11.6 Å². The van der Waals surface area contributed by atoms with Gasteiger partial charge in [0.1, 0.15) is 5.82 Å². The Bertz CT molecular complexity index is 685. The lowest BCUT2D eigenvalue weighted by molar-refractivity contribution is 0.745. The summed E-state index contributed by atoms with van der Waals surface area (Å²) in [7, 11) is 0. The van der Waals surface area contributed by atoms with Gasteiger partial charge in [-0.25, -0.2) is 4.98 Å². The molecule has 0 aliphatic carbocycles. The van der Waals surface area contributed by atoms with Crippen LogP contribution in [0.5, 0.6) is 0 Å². The van der Waals surface area contributed by atoms with E-state index in [2.05, 4.69) is 39.4 Å². The molecular weight excluding hydrogens is 224 g/mol. The normalized spacial score (nSPS) is 12.8. The average Bonchev–Trinajstić information content (AvgIpc) is 2.88. The number of hydrogen-bond donors (Lipinski definition) is 2. The third kappa shape index (κ3) is 1.87. The monoisotopic (exact) mass is 238 g/mol. The average molecular weight is 238 g/mol. The summed E-state index contributed by atoms with van der Waals surface area (Å²) in [6.45, 7) is 1.88. The summed E-state index contributed by atoms with van der Waals surface area (Å²) in [5.74, 6) is 1.39. The molecule has 3 rings (SSSR count). The summed E-state index contributed by atoms with van der Waals surface area (Å²) < 4.78 is 0. The quantitative estimate of drug-likeness (QED) is 0.721. The smallest absolute Gasteiger partial charge is 0.181 e. The van der Waals surface area contributed by atoms with Gasteiger partial charge in [0.05, 0.1) is 6.04 Å². The van der Waals surface area contributed by atoms with Gasteiger partial charge in [-0.15, -0.1) is 0 Å². The van der Waals surface area contributed by atoms with Gasteiger partial charge in [-0.3, -0.25) is 5.10 Å². The molecule has 0 radical (unpaired) electrons. The second-order valence-electron chi connectivity index (χ2n) is 4.39. The molecule has 0 amide bonds. The van der Waals surface area contributed by atoms with Crippen LogP contribution in [-0.2, 0) is 0 Å². The highest BCUT2D eigenvalue weighted by Gasteiger charge is 2.08. The van der Waals surface area contributed by atoms with Crippen LogP contribution in [0.1, 0.15) is 18.8 Å². The van der Waals surface area contributed by atoms with Gasteiger partial charge in [-0.2, -0.15) is 5.10 Å². The molecule has 1 atom stereocenters. The van der Waals surface area contributed by atoms with Crippen LogP contribution in [0.4, 0.5) is 0 Å². The number of nitrogens with two attached hydrogens (primary N) is 1. The number of aromatic amines is 1. The van der Waals surface area contributed by atoms with Crippen LogP contribution in [-0.4, -0.2) is 15.2 Å². The number of nitrogens with zero attached hydrogens (tertiary/aromatic N) is 2. The molecule has 1 heterocycles. The van der Waals surface area contributed by atoms with E-state index in [1.165, 1.54) is 10.8 Å². The van der Waals surface area contributed by atoms with Crippen LogP contribution in [0.2, 0.25) is 0 Å². The van der Waals surface area contributed by atoms with Gasteiger partial charge in [-0.05, 0) is 23.8 Å². The Balaban J connectivity index is 2.07. The number of fused-ring (bicyclic) bond motifs is 1. The molecular formula is C14H14N4. The molecule has 2 aromatic carbocycles. The maximum Gasteiger partial charge on any atom is 0.181 e. The molecule has 3 N–H and O–H groups in total. The van der Waals surface area contributed by atoms with Crippen molar-refractivity contribution in [2.24, 2.45) is 5.73 Å². The molecule has 3 aromatic rings. The van der Waals surface area contributed by atoms with Crippen molar-refractivity contribution in [3.05, 3.63) is 48.3 Å². The molecule has 0 aliphatic heterocycles. The number of hydrogen-bond acceptors (Lipinski definition) is 3. The first-order chi connectivity index (χ1) is 8.74. The van der Waals surface area contributed by atoms with Gasteiger partial charge < -0.3 is 5.73 Å². The summed E-state index contributed by atoms with van der Waals surface area (Å²) in [5, 5.41) is 9.46. The molecule has 1 aromatic heterocycles. The zero-order chi connectivity index (χ0) is 12.5. The van der Waals surface area contributed by atoms with E-state index in [0.717, 1.165) is 5.56 Å². The highest BCUT2D eigenvalue weighted by atomic mass is 15.2. The fraction of sp³-hybridized carbons (Fsp3) is 0.143. The SMILES string of the molecule is CC(N)c1nc(-c2ccc3ccccc3c2)n[nH]1. The lowest BCUT2D eigenvalue weighted by Crippen LogP contribution is -2.06. The second-order valence-corrected chi connectivity index (χ2v) is 4.39. The van der Waals surface area contributed by atoms with Crippen LogP contribution in [0.25, 0.3) is 22.2 Å². The van der Waals surface area contributed by atoms with Crippen molar-refractivity contribution in [2.75, 3.05) is 0 Å². The van der Waals surface area contributed by atoms with Gasteiger partial charge in [0.15, 0.2) is 5.82 Å². The highest BCUT2D eigenvalue weighted by molar-refractivity contribution is 5.86. The molecule has 0 bridgehead atoms. The standard InChI is InChI=1S/C14H14N4/c1-9(15)13-16-14(18-17-13)12-7-6-10-4-2-3-5-11(10)8-12/h2-9H,15H2,1H3,(H,16,17,18). The van der Waals surface area contributed by atoms with Gasteiger partial charge in [0, 0.05) is 5.56 Å². The first-order valence-electron chi connectivity index (χ1n) is 5.91. The Morgan fingerprint density at radius 2 is 1.89 bits per heavy atom. The zero-order valence-corrected chi connectivity index (χ0v) is 10.1. The van der Waals surface area contributed by atoms with Gasteiger partial charge in [-0.1, -0.05) is 36.4 Å². The lowest BCUT2D eigenvalue weighted by Gasteiger charge is -2.00. The Labute approximate surface area is 105 Å². The number of H-pyrrole nitrogens is 1. The second kappa shape index (κ2) is 4.23. The summed E-state index contributed by atoms with van der Waals surface area (Å²) in [4.78, 5) is 4.40. The van der Waals surface area contributed by atoms with Crippen LogP contribution in [0, 0.1) is 0 Å². The van der Waals surface area contributed by atoms with Crippen molar-refractivity contribution >= 4 is 10.8 Å². The molecule has 4 nitrogen and oxygen atoms in total. The van der Waals surface area contributed by atoms with Crippen molar-refractivity contribution in [1.82, 2.24) is 15.2 Å². The third-order valence-electron chi connectivity index (χ3n) is 2.94. The van der Waals surface area contributed by atoms with Crippen LogP contribution < -0.4 is 5.73 Å². The molecule has 0 saturated heterocycles. The Hall–Kier alpha value is -2.20. The highest BCUT2D eigenvalue weighted by Crippen LogP contribution is 2.22. The summed E-state index contributed by atoms with van der Waals surface area (Å²) in [5.41, 5.74) is 6.76. The molecule has 90 valence electrons. The van der Waals surface area contributed by atoms with E-state index < -0.39 is 0 Å². The number of benzene rings is 2. The largest absolute Gasteiger partial charge is 0.322 e. The van der Waals surface area contributed by atoms with E-state index in [1.54, 1.807) is 0 Å². The van der Waals surface area contributed by atoms with Crippen molar-refractivity contribution in [1.29, 1.82) is 0 Å². The van der Waals surface area contributed by atoms with Gasteiger partial charge in [0.2, 0.25) is 0 Å². The minimum absolute atomic E-state index is 0.133. The molecule has 0 fully saturated rings. The fourth-order valence-corrected chi connectivity index (χ4v) is 1.94. The first kappa shape index (κ1) is 10.9. The molecule has 0 spiro atoms. The number of nitrogens with one attached hydrogen (secondary N) is 1. The topological polar surface area (TPSA) is 67.6 Å². The van der Waals surface area contributed by atoms with Crippen molar-refractivity contribution in [2.45, 2.75) is 13.0 Å². The van der Waals surface area contributed by atoms with Crippen LogP contribution in [0.15, 0.2) is 42.5 Å². The molecule has 18 heavy (non-hydrogen) atoms. The van der Waals surface area contributed by atoms with Gasteiger partial charge >= 0.3 is 0 Å². The summed E-state index contributed by atoms with van der Waals surface area (Å²) in [6.07, 6.45) is 0. The Morgan fingerprint density at radius 3 is 2.61 bits per heavy atom. The summed E-state index contributed by atoms with van der Waals surface area (Å²) in [6, 6.07) is 14.3. The number of aromatic nitrogens is 3. The molecule has 4 heteroatoms. The van der Waals surface area contributed by atoms with E-state index in [9.17, 15) is 0 Å². The first-order valence-corrected chi connectivity index (χ1v) is 5.91. The van der Waals surface area contributed by atoms with Crippen molar-refractivity contribution in [3.8, 4) is 11.4 Å². The Kier molecular flexibility index (Phi) is 2.57. The van der Waals surface area contributed by atoms with Crippen LogP contribution in [0.3, 0.4) is 0 Å². The lowest BCUT2D eigenvalue weighted by atomic mass is 10.1. The van der Waals surface area contributed by atoms with Crippen molar-refractivity contribution < 1.29 is 0 Å². The molecule has 0 saturated carbocycles. The van der Waals surface area contributed by atoms with E-state index in [1.807, 2.05) is 25.1 Å². The maximum absolute atomic E-state index is 5.76. The minimum atomic E-state index is -0.133. The molecule has 0 aliphatic rings. The summed E-state index contributed by atoms with van der Waals surface area (Å²) >= 11 is 0. The van der Waals surface area contributed by atoms with E-state index >= 15 is 0 Å². The predicted octanol–water partition coefficient (Wildman–Crippen LogP) is 2.64. The van der Waals surface area contributed by atoms with Crippen LogP contribution >= 0.6 is 0 Å². The van der Waals surface area contributed by atoms with E-state index in [4.69, 9.17) is 5.73 Å². The van der Waals surface area contributed by atoms with E-state index in [-0.39, 0.29) is 6.04 Å².